The molecule has 1 saturated carbocycles. The van der Waals surface area contributed by atoms with E-state index in [0.717, 1.165) is 19.4 Å². The van der Waals surface area contributed by atoms with Gasteiger partial charge in [-0.25, -0.2) is 19.2 Å². The summed E-state index contributed by atoms with van der Waals surface area (Å²) in [6.07, 6.45) is 6.22. The number of nitrogens with one attached hydrogen (secondary N) is 1. The van der Waals surface area contributed by atoms with Gasteiger partial charge in [-0.15, -0.1) is 0 Å². The molecule has 3 fully saturated rings. The summed E-state index contributed by atoms with van der Waals surface area (Å²) >= 11 is 0. The molecular formula is C23H24FN5O4. The van der Waals surface area contributed by atoms with E-state index in [1.54, 1.807) is 12.1 Å². The number of halogens is 1. The standard InChI is InChI=1S/C23H24FN5O4/c24-18-4-3-14(32-10-15-2-1-5-31-15)6-16(18)17-9-29(21-19(17)20(25)27-12-28-21)13-7-23(8-13)11-26-22(30)33-23/h3-4,6,9,12-13,15H,1-2,5,7-8,10-11H2,(H,26,30)(H2,25,27,28)/t13?,15-,23?/m0/s1. The largest absolute Gasteiger partial charge is 0.491 e. The topological polar surface area (TPSA) is 114 Å². The highest BCUT2D eigenvalue weighted by atomic mass is 19.1. The van der Waals surface area contributed by atoms with Crippen LogP contribution in [0.1, 0.15) is 31.7 Å². The Labute approximate surface area is 189 Å². The zero-order valence-corrected chi connectivity index (χ0v) is 17.9. The number of ether oxygens (including phenoxy) is 3. The Morgan fingerprint density at radius 3 is 2.94 bits per heavy atom. The Morgan fingerprint density at radius 2 is 2.18 bits per heavy atom. The van der Waals surface area contributed by atoms with Crippen LogP contribution >= 0.6 is 0 Å². The molecule has 3 N–H and O–H groups in total. The van der Waals surface area contributed by atoms with Crippen LogP contribution in [0.15, 0.2) is 30.7 Å². The van der Waals surface area contributed by atoms with Gasteiger partial charge in [-0.05, 0) is 31.0 Å². The lowest BCUT2D eigenvalue weighted by Crippen LogP contribution is -2.47. The Bertz CT molecular complexity index is 1230. The fourth-order valence-corrected chi connectivity index (χ4v) is 5.08. The first kappa shape index (κ1) is 20.2. The Morgan fingerprint density at radius 1 is 1.30 bits per heavy atom. The van der Waals surface area contributed by atoms with E-state index in [2.05, 4.69) is 15.3 Å². The predicted octanol–water partition coefficient (Wildman–Crippen LogP) is 3.19. The van der Waals surface area contributed by atoms with Crippen molar-refractivity contribution in [2.24, 2.45) is 0 Å². The van der Waals surface area contributed by atoms with Crippen molar-refractivity contribution in [3.05, 3.63) is 36.5 Å². The van der Waals surface area contributed by atoms with Crippen LogP contribution in [0.3, 0.4) is 0 Å². The first-order valence-corrected chi connectivity index (χ1v) is 11.1. The summed E-state index contributed by atoms with van der Waals surface area (Å²) in [5, 5.41) is 3.31. The van der Waals surface area contributed by atoms with Crippen LogP contribution in [0.2, 0.25) is 0 Å². The fourth-order valence-electron chi connectivity index (χ4n) is 5.08. The second-order valence-corrected chi connectivity index (χ2v) is 8.98. The molecule has 1 spiro atoms. The molecule has 3 aliphatic rings. The fraction of sp³-hybridized carbons (Fsp3) is 0.435. The van der Waals surface area contributed by atoms with E-state index in [9.17, 15) is 4.79 Å². The number of alkyl carbamates (subject to hydrolysis) is 1. The highest BCUT2D eigenvalue weighted by molar-refractivity contribution is 6.01. The third kappa shape index (κ3) is 3.45. The van der Waals surface area contributed by atoms with E-state index in [1.165, 1.54) is 12.4 Å². The lowest BCUT2D eigenvalue weighted by molar-refractivity contribution is -0.0395. The number of hydrogen-bond acceptors (Lipinski definition) is 7. The summed E-state index contributed by atoms with van der Waals surface area (Å²) in [6, 6.07) is 4.74. The molecule has 33 heavy (non-hydrogen) atoms. The van der Waals surface area contributed by atoms with Crippen LogP contribution < -0.4 is 15.8 Å². The quantitative estimate of drug-likeness (QED) is 0.610. The number of nitrogen functional groups attached to an aromatic ring is 1. The third-order valence-electron chi connectivity index (χ3n) is 6.80. The van der Waals surface area contributed by atoms with Gasteiger partial charge >= 0.3 is 6.09 Å². The van der Waals surface area contributed by atoms with E-state index in [4.69, 9.17) is 19.9 Å². The van der Waals surface area contributed by atoms with Gasteiger partial charge in [0.2, 0.25) is 0 Å². The van der Waals surface area contributed by atoms with Gasteiger partial charge in [0.25, 0.3) is 0 Å². The summed E-state index contributed by atoms with van der Waals surface area (Å²) < 4.78 is 34.0. The van der Waals surface area contributed by atoms with Crippen LogP contribution in [0.25, 0.3) is 22.2 Å². The molecule has 1 aromatic carbocycles. The Kier molecular flexibility index (Phi) is 4.65. The van der Waals surface area contributed by atoms with Gasteiger partial charge < -0.3 is 29.8 Å². The van der Waals surface area contributed by atoms with Gasteiger partial charge in [-0.1, -0.05) is 0 Å². The maximum Gasteiger partial charge on any atom is 0.407 e. The van der Waals surface area contributed by atoms with Crippen molar-refractivity contribution in [3.63, 3.8) is 0 Å². The van der Waals surface area contributed by atoms with Crippen molar-refractivity contribution >= 4 is 22.9 Å². The first-order valence-electron chi connectivity index (χ1n) is 11.1. The molecule has 0 unspecified atom stereocenters. The molecule has 0 bridgehead atoms. The normalized spacial score (nSPS) is 26.4. The molecule has 4 heterocycles. The number of carbonyl (C=O) groups excluding carboxylic acids is 1. The van der Waals surface area contributed by atoms with Gasteiger partial charge in [0.05, 0.1) is 18.0 Å². The van der Waals surface area contributed by atoms with Crippen LogP contribution in [0.4, 0.5) is 15.0 Å². The molecule has 1 amide bonds. The molecule has 0 radical (unpaired) electrons. The van der Waals surface area contributed by atoms with Crippen molar-refractivity contribution < 1.29 is 23.4 Å². The monoisotopic (exact) mass is 453 g/mol. The average Bonchev–Trinajstić information content (AvgIpc) is 3.51. The number of nitrogens with zero attached hydrogens (tertiary/aromatic N) is 3. The van der Waals surface area contributed by atoms with E-state index in [-0.39, 0.29) is 29.9 Å². The maximum absolute atomic E-state index is 15.0. The lowest BCUT2D eigenvalue weighted by atomic mass is 9.75. The molecular weight excluding hydrogens is 429 g/mol. The molecule has 10 heteroatoms. The smallest absolute Gasteiger partial charge is 0.407 e. The number of amides is 1. The molecule has 2 saturated heterocycles. The van der Waals surface area contributed by atoms with Crippen LogP contribution in [0, 0.1) is 5.82 Å². The summed E-state index contributed by atoms with van der Waals surface area (Å²) in [4.78, 5) is 20.1. The number of fused-ring (bicyclic) bond motifs is 1. The number of aromatic nitrogens is 3. The summed E-state index contributed by atoms with van der Waals surface area (Å²) in [5.41, 5.74) is 7.32. The highest BCUT2D eigenvalue weighted by Crippen LogP contribution is 2.48. The van der Waals surface area contributed by atoms with Gasteiger partial charge in [-0.2, -0.15) is 0 Å². The van der Waals surface area contributed by atoms with Gasteiger partial charge in [0, 0.05) is 42.8 Å². The van der Waals surface area contributed by atoms with E-state index in [0.29, 0.717) is 53.9 Å². The second-order valence-electron chi connectivity index (χ2n) is 8.98. The van der Waals surface area contributed by atoms with Crippen molar-refractivity contribution in [2.75, 3.05) is 25.5 Å². The number of benzene rings is 1. The number of anilines is 1. The van der Waals surface area contributed by atoms with E-state index >= 15 is 4.39 Å². The van der Waals surface area contributed by atoms with Crippen molar-refractivity contribution in [3.8, 4) is 16.9 Å². The minimum Gasteiger partial charge on any atom is -0.491 e. The molecule has 1 aliphatic carbocycles. The molecule has 6 rings (SSSR count). The molecule has 1 atom stereocenters. The highest BCUT2D eigenvalue weighted by Gasteiger charge is 2.52. The van der Waals surface area contributed by atoms with Gasteiger partial charge in [-0.3, -0.25) is 0 Å². The molecule has 2 aliphatic heterocycles. The third-order valence-corrected chi connectivity index (χ3v) is 6.80. The number of nitrogens with two attached hydrogens (primary N) is 1. The zero-order valence-electron chi connectivity index (χ0n) is 17.9. The second kappa shape index (κ2) is 7.58. The summed E-state index contributed by atoms with van der Waals surface area (Å²) in [6.45, 7) is 1.67. The SMILES string of the molecule is Nc1ncnc2c1c(-c1cc(OC[C@@H]3CCCO3)ccc1F)cn2C1CC2(CNC(=O)O2)C1. The molecule has 9 nitrogen and oxygen atoms in total. The Hall–Kier alpha value is -3.40. The van der Waals surface area contributed by atoms with Crippen molar-refractivity contribution in [2.45, 2.75) is 43.4 Å². The van der Waals surface area contributed by atoms with Crippen molar-refractivity contribution in [1.29, 1.82) is 0 Å². The van der Waals surface area contributed by atoms with Crippen molar-refractivity contribution in [1.82, 2.24) is 19.9 Å². The summed E-state index contributed by atoms with van der Waals surface area (Å²) in [7, 11) is 0. The minimum atomic E-state index is -0.488. The van der Waals surface area contributed by atoms with Crippen LogP contribution in [0.5, 0.6) is 5.75 Å². The summed E-state index contributed by atoms with van der Waals surface area (Å²) in [5.74, 6) is 0.451. The van der Waals surface area contributed by atoms with Gasteiger partial charge in [0.1, 0.15) is 41.6 Å². The molecule has 172 valence electrons. The van der Waals surface area contributed by atoms with E-state index < -0.39 is 5.60 Å². The number of hydrogen-bond donors (Lipinski definition) is 2. The van der Waals surface area contributed by atoms with Crippen LogP contribution in [-0.2, 0) is 9.47 Å². The first-order chi connectivity index (χ1) is 16.0. The lowest BCUT2D eigenvalue weighted by Gasteiger charge is -2.43. The molecule has 2 aromatic heterocycles. The van der Waals surface area contributed by atoms with E-state index in [1.807, 2.05) is 10.8 Å². The average molecular weight is 453 g/mol. The minimum absolute atomic E-state index is 0.0465. The predicted molar refractivity (Wildman–Crippen MR) is 117 cm³/mol. The van der Waals surface area contributed by atoms with Gasteiger partial charge in [0.15, 0.2) is 0 Å². The Balaban J connectivity index is 1.34. The zero-order chi connectivity index (χ0) is 22.6. The molecule has 3 aromatic rings. The van der Waals surface area contributed by atoms with Crippen LogP contribution in [-0.4, -0.2) is 52.1 Å². The number of carbonyl (C=O) groups is 1. The number of rotatable bonds is 5. The maximum atomic E-state index is 15.0.